The number of nitrogens with one attached hydrogen (secondary N) is 1. The zero-order valence-electron chi connectivity index (χ0n) is 16.8. The van der Waals surface area contributed by atoms with Gasteiger partial charge in [0.15, 0.2) is 0 Å². The summed E-state index contributed by atoms with van der Waals surface area (Å²) < 4.78 is 19.1. The lowest BCUT2D eigenvalue weighted by atomic mass is 9.99. The van der Waals surface area contributed by atoms with Crippen molar-refractivity contribution in [1.82, 2.24) is 14.2 Å². The van der Waals surface area contributed by atoms with E-state index in [1.54, 1.807) is 20.8 Å². The Kier molecular flexibility index (Phi) is 8.08. The standard InChI is InChI=1S/C17H24N4O8S/c1-17(2,3)20-29-16(26)11(10(15(24)25)8-12(22)23)9-28-14-13(18-30-19-14)21-4-6-27-7-5-21/h8,11,20H,4-7,9H2,1-3H3,(H,22,23)(H,24,25)/b10-8+/t11-/m1/s1. The normalized spacial score (nSPS) is 16.1. The van der Waals surface area contributed by atoms with Gasteiger partial charge >= 0.3 is 17.9 Å². The second-order valence-corrected chi connectivity index (χ2v) is 7.90. The van der Waals surface area contributed by atoms with Crippen LogP contribution in [0, 0.1) is 5.92 Å². The third-order valence-corrected chi connectivity index (χ3v) is 4.29. The van der Waals surface area contributed by atoms with E-state index in [2.05, 4.69) is 14.2 Å². The van der Waals surface area contributed by atoms with Crippen LogP contribution in [0.4, 0.5) is 5.82 Å². The second kappa shape index (κ2) is 10.3. The molecule has 0 aliphatic carbocycles. The fourth-order valence-corrected chi connectivity index (χ4v) is 2.92. The molecule has 2 heterocycles. The van der Waals surface area contributed by atoms with Gasteiger partial charge in [-0.05, 0) is 20.8 Å². The molecule has 166 valence electrons. The lowest BCUT2D eigenvalue weighted by molar-refractivity contribution is -0.161. The summed E-state index contributed by atoms with van der Waals surface area (Å²) in [5.74, 6) is -5.06. The molecule has 13 heteroatoms. The number of nitrogens with zero attached hydrogens (tertiary/aromatic N) is 3. The highest BCUT2D eigenvalue weighted by Crippen LogP contribution is 2.27. The molecule has 0 spiro atoms. The molecular formula is C17H24N4O8S. The number of anilines is 1. The van der Waals surface area contributed by atoms with Crippen molar-refractivity contribution in [3.05, 3.63) is 11.6 Å². The van der Waals surface area contributed by atoms with Crippen LogP contribution in [0.1, 0.15) is 20.8 Å². The third-order valence-electron chi connectivity index (χ3n) is 3.78. The topological polar surface area (TPSA) is 160 Å². The summed E-state index contributed by atoms with van der Waals surface area (Å²) in [5, 5.41) is 18.4. The van der Waals surface area contributed by atoms with Gasteiger partial charge in [-0.3, -0.25) is 0 Å². The highest BCUT2D eigenvalue weighted by molar-refractivity contribution is 6.99. The largest absolute Gasteiger partial charge is 0.478 e. The lowest BCUT2D eigenvalue weighted by Crippen LogP contribution is -2.41. The summed E-state index contributed by atoms with van der Waals surface area (Å²) >= 11 is 0.898. The number of carboxylic acid groups (broad SMARTS) is 2. The van der Waals surface area contributed by atoms with Gasteiger partial charge in [0.2, 0.25) is 5.82 Å². The molecule has 1 fully saturated rings. The van der Waals surface area contributed by atoms with Crippen molar-refractivity contribution in [1.29, 1.82) is 0 Å². The van der Waals surface area contributed by atoms with E-state index >= 15 is 0 Å². The fraction of sp³-hybridized carbons (Fsp3) is 0.588. The van der Waals surface area contributed by atoms with Gasteiger partial charge in [0.05, 0.1) is 30.5 Å². The summed E-state index contributed by atoms with van der Waals surface area (Å²) in [5.41, 5.74) is 1.20. The molecule has 2 rings (SSSR count). The maximum atomic E-state index is 12.5. The summed E-state index contributed by atoms with van der Waals surface area (Å²) in [6.07, 6.45) is 0.441. The average Bonchev–Trinajstić information content (AvgIpc) is 3.14. The smallest absolute Gasteiger partial charge is 0.335 e. The molecule has 1 saturated heterocycles. The number of carboxylic acids is 2. The second-order valence-electron chi connectivity index (χ2n) is 7.37. The molecule has 0 radical (unpaired) electrons. The zero-order valence-corrected chi connectivity index (χ0v) is 17.6. The van der Waals surface area contributed by atoms with Crippen LogP contribution in [0.15, 0.2) is 11.6 Å². The first kappa shape index (κ1) is 23.5. The quantitative estimate of drug-likeness (QED) is 0.354. The van der Waals surface area contributed by atoms with E-state index in [1.165, 1.54) is 0 Å². The van der Waals surface area contributed by atoms with E-state index in [0.717, 1.165) is 11.7 Å². The zero-order chi connectivity index (χ0) is 22.3. The number of hydrogen-bond donors (Lipinski definition) is 3. The van der Waals surface area contributed by atoms with Crippen molar-refractivity contribution in [2.75, 3.05) is 37.8 Å². The van der Waals surface area contributed by atoms with Gasteiger partial charge in [-0.15, -0.1) is 9.85 Å². The molecule has 12 nitrogen and oxygen atoms in total. The van der Waals surface area contributed by atoms with E-state index in [-0.39, 0.29) is 5.88 Å². The molecule has 3 N–H and O–H groups in total. The first-order chi connectivity index (χ1) is 14.1. The van der Waals surface area contributed by atoms with Gasteiger partial charge < -0.3 is 29.4 Å². The van der Waals surface area contributed by atoms with Crippen LogP contribution in [0.2, 0.25) is 0 Å². The fourth-order valence-electron chi connectivity index (χ4n) is 2.40. The van der Waals surface area contributed by atoms with Crippen LogP contribution in [-0.2, 0) is 24.0 Å². The highest BCUT2D eigenvalue weighted by atomic mass is 32.1. The number of hydroxylamine groups is 1. The number of hydrogen-bond acceptors (Lipinski definition) is 11. The minimum Gasteiger partial charge on any atom is -0.478 e. The molecule has 1 aromatic rings. The van der Waals surface area contributed by atoms with Crippen molar-refractivity contribution in [3.63, 3.8) is 0 Å². The number of aliphatic carboxylic acids is 2. The molecule has 1 aliphatic heterocycles. The maximum absolute atomic E-state index is 12.5. The van der Waals surface area contributed by atoms with Gasteiger partial charge in [-0.1, -0.05) is 0 Å². The third kappa shape index (κ3) is 6.93. The number of carbonyl (C=O) groups excluding carboxylic acids is 1. The Morgan fingerprint density at radius 2 is 1.93 bits per heavy atom. The predicted octanol–water partition coefficient (Wildman–Crippen LogP) is 0.312. The number of morpholine rings is 1. The van der Waals surface area contributed by atoms with Crippen LogP contribution in [0.25, 0.3) is 0 Å². The van der Waals surface area contributed by atoms with E-state index < -0.39 is 41.5 Å². The molecule has 0 amide bonds. The Balaban J connectivity index is 2.21. The summed E-state index contributed by atoms with van der Waals surface area (Å²) in [7, 11) is 0. The van der Waals surface area contributed by atoms with Crippen molar-refractivity contribution in [2.24, 2.45) is 5.92 Å². The molecule has 0 bridgehead atoms. The van der Waals surface area contributed by atoms with E-state index in [4.69, 9.17) is 19.4 Å². The molecular weight excluding hydrogens is 420 g/mol. The van der Waals surface area contributed by atoms with Crippen molar-refractivity contribution < 1.29 is 38.9 Å². The predicted molar refractivity (Wildman–Crippen MR) is 104 cm³/mol. The summed E-state index contributed by atoms with van der Waals surface area (Å²) in [4.78, 5) is 42.1. The van der Waals surface area contributed by atoms with Crippen LogP contribution in [0.3, 0.4) is 0 Å². The van der Waals surface area contributed by atoms with Gasteiger partial charge in [0.25, 0.3) is 5.88 Å². The van der Waals surface area contributed by atoms with Crippen LogP contribution in [0.5, 0.6) is 5.88 Å². The molecule has 0 saturated carbocycles. The number of aromatic nitrogens is 2. The van der Waals surface area contributed by atoms with Gasteiger partial charge in [-0.2, -0.15) is 4.37 Å². The van der Waals surface area contributed by atoms with Crippen LogP contribution < -0.4 is 15.1 Å². The van der Waals surface area contributed by atoms with Gasteiger partial charge in [0.1, 0.15) is 12.5 Å². The SMILES string of the molecule is CC(C)(C)NOC(=O)[C@H](COc1nsnc1N1CCOCC1)/C(=C\C(=O)O)C(=O)O. The number of carbonyl (C=O) groups is 3. The summed E-state index contributed by atoms with van der Waals surface area (Å²) in [6.45, 7) is 6.85. The first-order valence-corrected chi connectivity index (χ1v) is 9.75. The van der Waals surface area contributed by atoms with Crippen LogP contribution >= 0.6 is 11.7 Å². The van der Waals surface area contributed by atoms with E-state index in [1.807, 2.05) is 4.90 Å². The van der Waals surface area contributed by atoms with Crippen molar-refractivity contribution in [2.45, 2.75) is 26.3 Å². The maximum Gasteiger partial charge on any atom is 0.335 e. The first-order valence-electron chi connectivity index (χ1n) is 9.02. The Labute approximate surface area is 176 Å². The molecule has 30 heavy (non-hydrogen) atoms. The molecule has 0 unspecified atom stereocenters. The van der Waals surface area contributed by atoms with Gasteiger partial charge in [-0.25, -0.2) is 14.4 Å². The Hall–Kier alpha value is -2.77. The van der Waals surface area contributed by atoms with Crippen molar-refractivity contribution in [3.8, 4) is 5.88 Å². The Bertz CT molecular complexity index is 798. The van der Waals surface area contributed by atoms with Gasteiger partial charge in [0, 0.05) is 24.7 Å². The summed E-state index contributed by atoms with van der Waals surface area (Å²) in [6, 6.07) is 0. The average molecular weight is 444 g/mol. The van der Waals surface area contributed by atoms with Crippen molar-refractivity contribution >= 4 is 35.5 Å². The number of rotatable bonds is 9. The Morgan fingerprint density at radius 1 is 1.27 bits per heavy atom. The van der Waals surface area contributed by atoms with E-state index in [0.29, 0.717) is 38.2 Å². The number of ether oxygens (including phenoxy) is 2. The highest BCUT2D eigenvalue weighted by Gasteiger charge is 2.33. The molecule has 1 aromatic heterocycles. The molecule has 0 aromatic carbocycles. The lowest BCUT2D eigenvalue weighted by Gasteiger charge is -2.27. The molecule has 1 atom stereocenters. The Morgan fingerprint density at radius 3 is 2.50 bits per heavy atom. The van der Waals surface area contributed by atoms with Crippen LogP contribution in [-0.4, -0.2) is 75.3 Å². The van der Waals surface area contributed by atoms with E-state index in [9.17, 15) is 19.5 Å². The molecule has 1 aliphatic rings. The minimum atomic E-state index is -1.58. The monoisotopic (exact) mass is 444 g/mol. The minimum absolute atomic E-state index is 0.114.